The largest absolute Gasteiger partial charge is 0.325 e. The quantitative estimate of drug-likeness (QED) is 0.637. The summed E-state index contributed by atoms with van der Waals surface area (Å²) in [5.41, 5.74) is 1.67. The zero-order valence-electron chi connectivity index (χ0n) is 10.1. The van der Waals surface area contributed by atoms with E-state index in [1.807, 2.05) is 34.6 Å². The van der Waals surface area contributed by atoms with Crippen LogP contribution in [0.2, 0.25) is 0 Å². The third-order valence-electron chi connectivity index (χ3n) is 1.44. The van der Waals surface area contributed by atoms with Gasteiger partial charge in [0.1, 0.15) is 0 Å². The lowest BCUT2D eigenvalue weighted by Gasteiger charge is -2.21. The number of amides is 2. The molecule has 0 bridgehead atoms. The lowest BCUT2D eigenvalue weighted by molar-refractivity contribution is 0.223. The predicted octanol–water partition coefficient (Wildman–Crippen LogP) is 3.11. The summed E-state index contributed by atoms with van der Waals surface area (Å²) in [5.74, 6) is 0. The lowest BCUT2D eigenvalue weighted by atomic mass is 10.2. The van der Waals surface area contributed by atoms with Crippen LogP contribution in [0.25, 0.3) is 0 Å². The van der Waals surface area contributed by atoms with Crippen LogP contribution < -0.4 is 5.32 Å². The number of nitrogens with zero attached hydrogens (tertiary/aromatic N) is 1. The molecule has 2 amide bonds. The van der Waals surface area contributed by atoms with Gasteiger partial charge >= 0.3 is 6.03 Å². The van der Waals surface area contributed by atoms with E-state index >= 15 is 0 Å². The smallest absolute Gasteiger partial charge is 0.308 e. The van der Waals surface area contributed by atoms with Crippen molar-refractivity contribution in [3.05, 3.63) is 24.0 Å². The molecule has 0 unspecified atom stereocenters. The Morgan fingerprint density at radius 1 is 1.29 bits per heavy atom. The molecule has 0 fully saturated rings. The molecular formula is C11H22N2O. The van der Waals surface area contributed by atoms with Crippen molar-refractivity contribution < 1.29 is 4.79 Å². The van der Waals surface area contributed by atoms with Crippen molar-refractivity contribution in [2.24, 2.45) is 0 Å². The zero-order valence-corrected chi connectivity index (χ0v) is 10.1. The molecular weight excluding hydrogens is 176 g/mol. The molecule has 1 aliphatic heterocycles. The maximum Gasteiger partial charge on any atom is 0.325 e. The van der Waals surface area contributed by atoms with Crippen LogP contribution in [0.3, 0.4) is 0 Å². The van der Waals surface area contributed by atoms with Crippen molar-refractivity contribution in [1.82, 2.24) is 10.2 Å². The Bertz CT molecular complexity index is 219. The van der Waals surface area contributed by atoms with Crippen molar-refractivity contribution in [3.8, 4) is 0 Å². The summed E-state index contributed by atoms with van der Waals surface area (Å²) in [4.78, 5) is 12.3. The van der Waals surface area contributed by atoms with Gasteiger partial charge in [0.25, 0.3) is 0 Å². The Balaban J connectivity index is 0. The summed E-state index contributed by atoms with van der Waals surface area (Å²) in [5, 5.41) is 2.60. The molecule has 14 heavy (non-hydrogen) atoms. The van der Waals surface area contributed by atoms with E-state index in [0.717, 1.165) is 5.57 Å². The van der Waals surface area contributed by atoms with Gasteiger partial charge < -0.3 is 10.2 Å². The molecule has 0 saturated heterocycles. The van der Waals surface area contributed by atoms with E-state index in [0.29, 0.717) is 5.70 Å². The Hall–Kier alpha value is -1.25. The minimum atomic E-state index is -0.129. The topological polar surface area (TPSA) is 32.3 Å². The van der Waals surface area contributed by atoms with Gasteiger partial charge in [-0.1, -0.05) is 34.3 Å². The minimum Gasteiger partial charge on any atom is -0.308 e. The molecule has 1 N–H and O–H groups in total. The summed E-state index contributed by atoms with van der Waals surface area (Å²) in [7, 11) is 1.70. The SMILES string of the molecule is C=C1NC(=O)N(C)C=C1C.CC.CC. The highest BCUT2D eigenvalue weighted by molar-refractivity contribution is 5.79. The van der Waals surface area contributed by atoms with Gasteiger partial charge in [0.15, 0.2) is 0 Å². The molecule has 82 valence electrons. The molecule has 0 saturated carbocycles. The normalized spacial score (nSPS) is 14.1. The van der Waals surface area contributed by atoms with Crippen molar-refractivity contribution >= 4 is 6.03 Å². The molecule has 0 spiro atoms. The molecule has 0 aromatic heterocycles. The fourth-order valence-electron chi connectivity index (χ4n) is 0.743. The van der Waals surface area contributed by atoms with Gasteiger partial charge in [-0.2, -0.15) is 0 Å². The van der Waals surface area contributed by atoms with Crippen LogP contribution in [0, 0.1) is 0 Å². The molecule has 0 atom stereocenters. The molecule has 0 radical (unpaired) electrons. The van der Waals surface area contributed by atoms with Gasteiger partial charge in [-0.15, -0.1) is 0 Å². The maximum absolute atomic E-state index is 10.9. The molecule has 0 aromatic carbocycles. The first-order chi connectivity index (χ1) is 6.61. The third-order valence-corrected chi connectivity index (χ3v) is 1.44. The molecule has 0 aliphatic carbocycles. The van der Waals surface area contributed by atoms with Crippen molar-refractivity contribution in [3.63, 3.8) is 0 Å². The van der Waals surface area contributed by atoms with E-state index in [4.69, 9.17) is 0 Å². The fraction of sp³-hybridized carbons (Fsp3) is 0.545. The van der Waals surface area contributed by atoms with Crippen LogP contribution in [-0.2, 0) is 0 Å². The van der Waals surface area contributed by atoms with Gasteiger partial charge in [0, 0.05) is 18.9 Å². The predicted molar refractivity (Wildman–Crippen MR) is 61.9 cm³/mol. The highest BCUT2D eigenvalue weighted by Crippen LogP contribution is 2.09. The Morgan fingerprint density at radius 2 is 1.71 bits per heavy atom. The number of urea groups is 1. The number of nitrogens with one attached hydrogen (secondary N) is 1. The van der Waals surface area contributed by atoms with Crippen LogP contribution in [0.5, 0.6) is 0 Å². The second-order valence-corrected chi connectivity index (χ2v) is 2.33. The monoisotopic (exact) mass is 198 g/mol. The third kappa shape index (κ3) is 4.70. The zero-order chi connectivity index (χ0) is 11.7. The van der Waals surface area contributed by atoms with Gasteiger partial charge in [0.05, 0.1) is 0 Å². The number of rotatable bonds is 0. The van der Waals surface area contributed by atoms with Crippen LogP contribution in [0.4, 0.5) is 4.79 Å². The van der Waals surface area contributed by atoms with Crippen molar-refractivity contribution in [2.45, 2.75) is 34.6 Å². The number of hydrogen-bond donors (Lipinski definition) is 1. The average Bonchev–Trinajstić information content (AvgIpc) is 2.21. The van der Waals surface area contributed by atoms with Crippen LogP contribution in [0.15, 0.2) is 24.0 Å². The second-order valence-electron chi connectivity index (χ2n) is 2.33. The minimum absolute atomic E-state index is 0.129. The van der Waals surface area contributed by atoms with Crippen LogP contribution in [0.1, 0.15) is 34.6 Å². The summed E-state index contributed by atoms with van der Waals surface area (Å²) in [6.45, 7) is 13.6. The van der Waals surface area contributed by atoms with Crippen LogP contribution in [-0.4, -0.2) is 18.0 Å². The van der Waals surface area contributed by atoms with E-state index in [2.05, 4.69) is 11.9 Å². The Labute approximate surface area is 87.5 Å². The molecule has 0 aromatic rings. The van der Waals surface area contributed by atoms with Crippen LogP contribution >= 0.6 is 0 Å². The molecule has 1 aliphatic rings. The molecule has 1 heterocycles. The summed E-state index contributed by atoms with van der Waals surface area (Å²) < 4.78 is 0. The van der Waals surface area contributed by atoms with Crippen molar-refractivity contribution in [2.75, 3.05) is 7.05 Å². The van der Waals surface area contributed by atoms with Gasteiger partial charge in [-0.05, 0) is 12.5 Å². The molecule has 3 nitrogen and oxygen atoms in total. The molecule has 3 heteroatoms. The Morgan fingerprint density at radius 3 is 2.07 bits per heavy atom. The maximum atomic E-state index is 10.9. The van der Waals surface area contributed by atoms with E-state index in [1.165, 1.54) is 4.90 Å². The van der Waals surface area contributed by atoms with E-state index in [-0.39, 0.29) is 6.03 Å². The highest BCUT2D eigenvalue weighted by atomic mass is 16.2. The summed E-state index contributed by atoms with van der Waals surface area (Å²) in [6, 6.07) is -0.129. The first kappa shape index (κ1) is 15.2. The summed E-state index contributed by atoms with van der Waals surface area (Å²) >= 11 is 0. The standard InChI is InChI=1S/C7H10N2O.2C2H6/c1-5-4-9(3)7(10)8-6(5)2;2*1-2/h4H,2H2,1,3H3,(H,8,10);2*1-2H3. The lowest BCUT2D eigenvalue weighted by Crippen LogP contribution is -2.37. The van der Waals surface area contributed by atoms with E-state index in [9.17, 15) is 4.79 Å². The number of carbonyl (C=O) groups is 1. The first-order valence-electron chi connectivity index (χ1n) is 5.03. The number of carbonyl (C=O) groups excluding carboxylic acids is 1. The van der Waals surface area contributed by atoms with Gasteiger partial charge in [-0.25, -0.2) is 4.79 Å². The van der Waals surface area contributed by atoms with Gasteiger partial charge in [-0.3, -0.25) is 0 Å². The van der Waals surface area contributed by atoms with E-state index in [1.54, 1.807) is 13.2 Å². The van der Waals surface area contributed by atoms with Gasteiger partial charge in [0.2, 0.25) is 0 Å². The highest BCUT2D eigenvalue weighted by Gasteiger charge is 2.13. The number of hydrogen-bond acceptors (Lipinski definition) is 1. The Kier molecular flexibility index (Phi) is 9.09. The summed E-state index contributed by atoms with van der Waals surface area (Å²) in [6.07, 6.45) is 1.75. The number of allylic oxidation sites excluding steroid dienone is 1. The van der Waals surface area contributed by atoms with E-state index < -0.39 is 0 Å². The fourth-order valence-corrected chi connectivity index (χ4v) is 0.743. The first-order valence-corrected chi connectivity index (χ1v) is 5.03. The second kappa shape index (κ2) is 8.35. The average molecular weight is 198 g/mol. The van der Waals surface area contributed by atoms with Crippen molar-refractivity contribution in [1.29, 1.82) is 0 Å². The molecule has 1 rings (SSSR count).